The number of nitrogens with one attached hydrogen (secondary N) is 1. The maximum Gasteiger partial charge on any atom is 0.349 e. The summed E-state index contributed by atoms with van der Waals surface area (Å²) < 4.78 is 7.23. The first kappa shape index (κ1) is 21.6. The summed E-state index contributed by atoms with van der Waals surface area (Å²) in [6, 6.07) is 11.3. The molecule has 3 aromatic rings. The Morgan fingerprint density at radius 3 is 2.77 bits per heavy atom. The SMILES string of the molecule is CCOc1ccc(NC(=O)CSc2nc(=O)n(Cc3cccs3)c3c2CCCC3)cc1. The number of anilines is 1. The number of thioether (sulfide) groups is 1. The molecule has 31 heavy (non-hydrogen) atoms. The number of fused-ring (bicyclic) bond motifs is 1. The van der Waals surface area contributed by atoms with Crippen molar-refractivity contribution in [2.24, 2.45) is 0 Å². The van der Waals surface area contributed by atoms with Crippen LogP contribution < -0.4 is 15.7 Å². The second-order valence-electron chi connectivity index (χ2n) is 7.29. The van der Waals surface area contributed by atoms with Crippen molar-refractivity contribution in [3.63, 3.8) is 0 Å². The molecule has 4 rings (SSSR count). The molecule has 0 unspecified atom stereocenters. The maximum atomic E-state index is 12.8. The molecule has 162 valence electrons. The number of thiophene rings is 1. The lowest BCUT2D eigenvalue weighted by atomic mass is 9.97. The van der Waals surface area contributed by atoms with Gasteiger partial charge >= 0.3 is 5.69 Å². The fourth-order valence-corrected chi connectivity index (χ4v) is 5.29. The minimum atomic E-state index is -0.233. The highest BCUT2D eigenvalue weighted by Crippen LogP contribution is 2.29. The molecule has 2 aromatic heterocycles. The number of amides is 1. The number of aromatic nitrogens is 2. The molecule has 1 aliphatic carbocycles. The number of ether oxygens (including phenoxy) is 1. The molecule has 1 aromatic carbocycles. The Bertz CT molecular complexity index is 1090. The fourth-order valence-electron chi connectivity index (χ4n) is 3.72. The molecule has 0 aliphatic heterocycles. The van der Waals surface area contributed by atoms with Gasteiger partial charge in [-0.25, -0.2) is 4.79 Å². The number of benzene rings is 1. The Morgan fingerprint density at radius 2 is 2.03 bits per heavy atom. The maximum absolute atomic E-state index is 12.8. The topological polar surface area (TPSA) is 73.2 Å². The van der Waals surface area contributed by atoms with Crippen LogP contribution in [0.3, 0.4) is 0 Å². The first-order valence-corrected chi connectivity index (χ1v) is 12.3. The predicted octanol–water partition coefficient (Wildman–Crippen LogP) is 4.36. The summed E-state index contributed by atoms with van der Waals surface area (Å²) >= 11 is 2.99. The zero-order chi connectivity index (χ0) is 21.6. The van der Waals surface area contributed by atoms with E-state index in [0.29, 0.717) is 18.2 Å². The lowest BCUT2D eigenvalue weighted by Gasteiger charge is -2.22. The molecule has 6 nitrogen and oxygen atoms in total. The van der Waals surface area contributed by atoms with Crippen LogP contribution in [0, 0.1) is 0 Å². The third-order valence-electron chi connectivity index (χ3n) is 5.13. The van der Waals surface area contributed by atoms with Crippen LogP contribution in [0.5, 0.6) is 5.75 Å². The van der Waals surface area contributed by atoms with Gasteiger partial charge in [0.2, 0.25) is 5.91 Å². The highest BCUT2D eigenvalue weighted by Gasteiger charge is 2.21. The van der Waals surface area contributed by atoms with Crippen LogP contribution in [-0.2, 0) is 24.2 Å². The van der Waals surface area contributed by atoms with Crippen LogP contribution in [0.25, 0.3) is 0 Å². The van der Waals surface area contributed by atoms with Crippen LogP contribution in [0.1, 0.15) is 35.9 Å². The van der Waals surface area contributed by atoms with E-state index in [0.717, 1.165) is 53.3 Å². The van der Waals surface area contributed by atoms with Crippen molar-refractivity contribution in [3.05, 3.63) is 68.4 Å². The average molecular weight is 456 g/mol. The van der Waals surface area contributed by atoms with Gasteiger partial charge in [0, 0.05) is 21.8 Å². The molecule has 8 heteroatoms. The molecule has 0 fully saturated rings. The monoisotopic (exact) mass is 455 g/mol. The van der Waals surface area contributed by atoms with Crippen molar-refractivity contribution < 1.29 is 9.53 Å². The molecular weight excluding hydrogens is 430 g/mol. The van der Waals surface area contributed by atoms with Crippen molar-refractivity contribution in [2.45, 2.75) is 44.2 Å². The highest BCUT2D eigenvalue weighted by atomic mass is 32.2. The molecular formula is C23H25N3O3S2. The summed E-state index contributed by atoms with van der Waals surface area (Å²) in [6.07, 6.45) is 3.93. The smallest absolute Gasteiger partial charge is 0.349 e. The van der Waals surface area contributed by atoms with Crippen molar-refractivity contribution >= 4 is 34.7 Å². The van der Waals surface area contributed by atoms with Gasteiger partial charge in [0.15, 0.2) is 0 Å². The van der Waals surface area contributed by atoms with Gasteiger partial charge in [-0.2, -0.15) is 4.98 Å². The Morgan fingerprint density at radius 1 is 1.23 bits per heavy atom. The van der Waals surface area contributed by atoms with Crippen molar-refractivity contribution in [3.8, 4) is 5.75 Å². The van der Waals surface area contributed by atoms with Gasteiger partial charge in [0.05, 0.1) is 18.9 Å². The van der Waals surface area contributed by atoms with E-state index >= 15 is 0 Å². The summed E-state index contributed by atoms with van der Waals surface area (Å²) in [5.41, 5.74) is 2.69. The summed E-state index contributed by atoms with van der Waals surface area (Å²) in [5, 5.41) is 5.61. The molecule has 0 atom stereocenters. The van der Waals surface area contributed by atoms with Crippen LogP contribution in [0.15, 0.2) is 51.6 Å². The van der Waals surface area contributed by atoms with Gasteiger partial charge in [-0.3, -0.25) is 9.36 Å². The second kappa shape index (κ2) is 10.2. The van der Waals surface area contributed by atoms with Crippen molar-refractivity contribution in [1.29, 1.82) is 0 Å². The minimum Gasteiger partial charge on any atom is -0.494 e. The van der Waals surface area contributed by atoms with Crippen molar-refractivity contribution in [2.75, 3.05) is 17.7 Å². The largest absolute Gasteiger partial charge is 0.494 e. The van der Waals surface area contributed by atoms with E-state index in [9.17, 15) is 9.59 Å². The third-order valence-corrected chi connectivity index (χ3v) is 7.01. The number of rotatable bonds is 8. The zero-order valence-corrected chi connectivity index (χ0v) is 19.1. The Balaban J connectivity index is 1.46. The number of carbonyl (C=O) groups is 1. The van der Waals surface area contributed by atoms with E-state index in [4.69, 9.17) is 4.74 Å². The van der Waals surface area contributed by atoms with Crippen molar-refractivity contribution in [1.82, 2.24) is 9.55 Å². The van der Waals surface area contributed by atoms with Gasteiger partial charge in [0.1, 0.15) is 10.8 Å². The minimum absolute atomic E-state index is 0.122. The van der Waals surface area contributed by atoms with Gasteiger partial charge in [-0.15, -0.1) is 11.3 Å². The van der Waals surface area contributed by atoms with E-state index < -0.39 is 0 Å². The Kier molecular flexibility index (Phi) is 7.09. The van der Waals surface area contributed by atoms with Gasteiger partial charge in [0.25, 0.3) is 0 Å². The van der Waals surface area contributed by atoms with E-state index in [1.165, 1.54) is 11.8 Å². The van der Waals surface area contributed by atoms with Crippen LogP contribution >= 0.6 is 23.1 Å². The van der Waals surface area contributed by atoms with E-state index in [2.05, 4.69) is 10.3 Å². The summed E-state index contributed by atoms with van der Waals surface area (Å²) in [5.74, 6) is 0.859. The lowest BCUT2D eigenvalue weighted by molar-refractivity contribution is -0.113. The average Bonchev–Trinajstić information content (AvgIpc) is 3.29. The predicted molar refractivity (Wildman–Crippen MR) is 126 cm³/mol. The number of hydrogen-bond acceptors (Lipinski definition) is 6. The summed E-state index contributed by atoms with van der Waals surface area (Å²) in [4.78, 5) is 30.7. The first-order chi connectivity index (χ1) is 15.1. The van der Waals surface area contributed by atoms with Crippen LogP contribution in [0.4, 0.5) is 5.69 Å². The van der Waals surface area contributed by atoms with Crippen LogP contribution in [0.2, 0.25) is 0 Å². The molecule has 1 N–H and O–H groups in total. The van der Waals surface area contributed by atoms with E-state index in [1.54, 1.807) is 11.3 Å². The van der Waals surface area contributed by atoms with E-state index in [-0.39, 0.29) is 17.3 Å². The second-order valence-corrected chi connectivity index (χ2v) is 9.29. The molecule has 1 aliphatic rings. The fraction of sp³-hybridized carbons (Fsp3) is 0.348. The molecule has 1 amide bonds. The Labute approximate surface area is 189 Å². The standard InChI is InChI=1S/C23H25N3O3S2/c1-2-29-17-11-9-16(10-12-17)24-21(27)15-31-22-19-7-3-4-8-20(19)26(23(28)25-22)14-18-6-5-13-30-18/h5-6,9-13H,2-4,7-8,14-15H2,1H3,(H,24,27). The Hall–Kier alpha value is -2.58. The van der Waals surface area contributed by atoms with Crippen LogP contribution in [-0.4, -0.2) is 27.8 Å². The molecule has 0 spiro atoms. The normalized spacial score (nSPS) is 12.9. The third kappa shape index (κ3) is 5.37. The summed E-state index contributed by atoms with van der Waals surface area (Å²) in [6.45, 7) is 3.10. The lowest BCUT2D eigenvalue weighted by Crippen LogP contribution is -2.30. The number of nitrogens with zero attached hydrogens (tertiary/aromatic N) is 2. The first-order valence-electron chi connectivity index (χ1n) is 10.4. The van der Waals surface area contributed by atoms with E-state index in [1.807, 2.05) is 53.3 Å². The molecule has 0 saturated carbocycles. The zero-order valence-electron chi connectivity index (χ0n) is 17.4. The quantitative estimate of drug-likeness (QED) is 0.404. The number of carbonyl (C=O) groups excluding carboxylic acids is 1. The summed E-state index contributed by atoms with van der Waals surface area (Å²) in [7, 11) is 0. The molecule has 0 radical (unpaired) electrons. The molecule has 2 heterocycles. The molecule has 0 bridgehead atoms. The highest BCUT2D eigenvalue weighted by molar-refractivity contribution is 8.00. The molecule has 0 saturated heterocycles. The van der Waals surface area contributed by atoms with Gasteiger partial charge in [-0.05, 0) is 68.3 Å². The van der Waals surface area contributed by atoms with Gasteiger partial charge < -0.3 is 10.1 Å². The van der Waals surface area contributed by atoms with Gasteiger partial charge in [-0.1, -0.05) is 17.8 Å². The number of hydrogen-bond donors (Lipinski definition) is 1.